The van der Waals surface area contributed by atoms with Crippen LogP contribution in [0.5, 0.6) is 0 Å². The predicted molar refractivity (Wildman–Crippen MR) is 127 cm³/mol. The van der Waals surface area contributed by atoms with E-state index >= 15 is 0 Å². The summed E-state index contributed by atoms with van der Waals surface area (Å²) in [6.45, 7) is 2.19. The number of anilines is 1. The third-order valence-corrected chi connectivity index (χ3v) is 4.85. The lowest BCUT2D eigenvalue weighted by Gasteiger charge is -2.35. The van der Waals surface area contributed by atoms with Gasteiger partial charge >= 0.3 is 0 Å². The number of hydrogen-bond donors (Lipinski definition) is 2. The zero-order chi connectivity index (χ0) is 20.8. The Bertz CT molecular complexity index is 912. The number of halogens is 1. The largest absolute Gasteiger partial charge is 0.356 e. The first-order chi connectivity index (χ1) is 14.0. The molecule has 3 rings (SSSR count). The van der Waals surface area contributed by atoms with Gasteiger partial charge in [0.15, 0.2) is 5.96 Å². The number of carbonyl (C=O) groups is 2. The molecule has 0 spiro atoms. The standard InChI is InChI=1S/C20H27N7O2.HI/c1-21-19(29)16-6-4-5-15(11-16)7-8-23-20(22-2)26-9-10-27(18(28)14-26)17-12-24-25(3)13-17;/h4-6,11-13H,7-10,14H2,1-3H3,(H,21,29)(H,22,23);1H. The van der Waals surface area contributed by atoms with Gasteiger partial charge in [-0.15, -0.1) is 24.0 Å². The summed E-state index contributed by atoms with van der Waals surface area (Å²) >= 11 is 0. The number of aromatic nitrogens is 2. The predicted octanol–water partition coefficient (Wildman–Crippen LogP) is 0.864. The zero-order valence-electron chi connectivity index (χ0n) is 17.5. The number of nitrogens with zero attached hydrogens (tertiary/aromatic N) is 5. The maximum Gasteiger partial charge on any atom is 0.251 e. The average Bonchev–Trinajstić information content (AvgIpc) is 3.16. The van der Waals surface area contributed by atoms with Crippen LogP contribution in [-0.2, 0) is 18.3 Å². The number of benzene rings is 1. The van der Waals surface area contributed by atoms with Gasteiger partial charge in [0.05, 0.1) is 11.9 Å². The highest BCUT2D eigenvalue weighted by Crippen LogP contribution is 2.16. The SMILES string of the molecule is CN=C(NCCc1cccc(C(=O)NC)c1)N1CCN(c2cnn(C)c2)C(=O)C1.I. The number of nitrogens with one attached hydrogen (secondary N) is 2. The molecule has 1 aliphatic heterocycles. The second kappa shape index (κ2) is 11.0. The van der Waals surface area contributed by atoms with E-state index in [4.69, 9.17) is 0 Å². The van der Waals surface area contributed by atoms with Crippen molar-refractivity contribution in [3.05, 3.63) is 47.8 Å². The van der Waals surface area contributed by atoms with Crippen molar-refractivity contribution in [1.82, 2.24) is 25.3 Å². The van der Waals surface area contributed by atoms with Crippen LogP contribution in [0, 0.1) is 0 Å². The second-order valence-electron chi connectivity index (χ2n) is 6.84. The van der Waals surface area contributed by atoms with E-state index < -0.39 is 0 Å². The van der Waals surface area contributed by atoms with Crippen molar-refractivity contribution in [2.45, 2.75) is 6.42 Å². The van der Waals surface area contributed by atoms with E-state index in [2.05, 4.69) is 20.7 Å². The number of amides is 2. The van der Waals surface area contributed by atoms with E-state index in [9.17, 15) is 9.59 Å². The third kappa shape index (κ3) is 5.71. The van der Waals surface area contributed by atoms with Crippen molar-refractivity contribution in [3.8, 4) is 0 Å². The first kappa shape index (κ1) is 23.6. The van der Waals surface area contributed by atoms with Crippen LogP contribution < -0.4 is 15.5 Å². The van der Waals surface area contributed by atoms with Crippen molar-refractivity contribution in [1.29, 1.82) is 0 Å². The minimum Gasteiger partial charge on any atom is -0.356 e. The summed E-state index contributed by atoms with van der Waals surface area (Å²) in [6.07, 6.45) is 4.29. The van der Waals surface area contributed by atoms with Gasteiger partial charge in [0.25, 0.3) is 5.91 Å². The summed E-state index contributed by atoms with van der Waals surface area (Å²) in [5, 5.41) is 10.1. The maximum absolute atomic E-state index is 12.6. The molecule has 1 fully saturated rings. The quantitative estimate of drug-likeness (QED) is 0.343. The molecule has 0 saturated carbocycles. The Morgan fingerprint density at radius 1 is 1.30 bits per heavy atom. The van der Waals surface area contributed by atoms with Gasteiger partial charge in [-0.05, 0) is 24.1 Å². The smallest absolute Gasteiger partial charge is 0.251 e. The van der Waals surface area contributed by atoms with Gasteiger partial charge in [0.2, 0.25) is 5.91 Å². The monoisotopic (exact) mass is 525 g/mol. The lowest BCUT2D eigenvalue weighted by Crippen LogP contribution is -2.55. The molecule has 0 aliphatic carbocycles. The van der Waals surface area contributed by atoms with E-state index in [1.165, 1.54) is 0 Å². The molecule has 0 radical (unpaired) electrons. The summed E-state index contributed by atoms with van der Waals surface area (Å²) in [6, 6.07) is 7.56. The fraction of sp³-hybridized carbons (Fsp3) is 0.400. The highest BCUT2D eigenvalue weighted by molar-refractivity contribution is 14.0. The van der Waals surface area contributed by atoms with Crippen LogP contribution in [0.4, 0.5) is 5.69 Å². The molecule has 1 aliphatic rings. The van der Waals surface area contributed by atoms with Crippen LogP contribution in [0.2, 0.25) is 0 Å². The van der Waals surface area contributed by atoms with Crippen LogP contribution in [0.1, 0.15) is 15.9 Å². The molecule has 9 nitrogen and oxygen atoms in total. The molecule has 1 aromatic heterocycles. The van der Waals surface area contributed by atoms with E-state index in [-0.39, 0.29) is 42.3 Å². The first-order valence-electron chi connectivity index (χ1n) is 9.57. The second-order valence-corrected chi connectivity index (χ2v) is 6.84. The van der Waals surface area contributed by atoms with Gasteiger partial charge in [0.1, 0.15) is 6.54 Å². The van der Waals surface area contributed by atoms with Crippen LogP contribution >= 0.6 is 24.0 Å². The molecule has 10 heteroatoms. The summed E-state index contributed by atoms with van der Waals surface area (Å²) in [5.74, 6) is 0.623. The van der Waals surface area contributed by atoms with Crippen molar-refractivity contribution in [2.75, 3.05) is 45.2 Å². The van der Waals surface area contributed by atoms with Crippen LogP contribution in [-0.4, -0.2) is 72.7 Å². The number of rotatable bonds is 5. The molecular formula is C20H28IN7O2. The fourth-order valence-electron chi connectivity index (χ4n) is 3.34. The van der Waals surface area contributed by atoms with Crippen molar-refractivity contribution >= 4 is 47.4 Å². The van der Waals surface area contributed by atoms with Crippen molar-refractivity contribution in [3.63, 3.8) is 0 Å². The Morgan fingerprint density at radius 2 is 2.10 bits per heavy atom. The molecule has 2 heterocycles. The molecule has 2 amide bonds. The van der Waals surface area contributed by atoms with Gasteiger partial charge in [-0.25, -0.2) is 0 Å². The minimum atomic E-state index is -0.0966. The normalized spacial score (nSPS) is 14.4. The molecule has 2 aromatic rings. The molecule has 162 valence electrons. The van der Waals surface area contributed by atoms with E-state index in [1.807, 2.05) is 36.3 Å². The Balaban J connectivity index is 0.00000320. The van der Waals surface area contributed by atoms with Gasteiger partial charge in [-0.2, -0.15) is 5.10 Å². The molecule has 0 bridgehead atoms. The molecule has 2 N–H and O–H groups in total. The minimum absolute atomic E-state index is 0. The van der Waals surface area contributed by atoms with E-state index in [0.29, 0.717) is 31.2 Å². The number of piperazine rings is 1. The number of hydrogen-bond acceptors (Lipinski definition) is 4. The lowest BCUT2D eigenvalue weighted by atomic mass is 10.1. The highest BCUT2D eigenvalue weighted by Gasteiger charge is 2.27. The van der Waals surface area contributed by atoms with Crippen LogP contribution in [0.15, 0.2) is 41.7 Å². The number of guanidine groups is 1. The Kier molecular flexibility index (Phi) is 8.63. The van der Waals surface area contributed by atoms with Crippen molar-refractivity contribution < 1.29 is 9.59 Å². The summed E-state index contributed by atoms with van der Waals surface area (Å²) in [5.41, 5.74) is 2.52. The maximum atomic E-state index is 12.6. The highest BCUT2D eigenvalue weighted by atomic mass is 127. The summed E-state index contributed by atoms with van der Waals surface area (Å²) < 4.78 is 1.69. The number of aliphatic imine (C=N–C) groups is 1. The molecular weight excluding hydrogens is 497 g/mol. The van der Waals surface area contributed by atoms with Gasteiger partial charge in [-0.3, -0.25) is 19.3 Å². The fourth-order valence-corrected chi connectivity index (χ4v) is 3.34. The molecule has 1 aromatic carbocycles. The number of carbonyl (C=O) groups excluding carboxylic acids is 2. The van der Waals surface area contributed by atoms with Crippen LogP contribution in [0.3, 0.4) is 0 Å². The van der Waals surface area contributed by atoms with Gasteiger partial charge < -0.3 is 20.4 Å². The van der Waals surface area contributed by atoms with E-state index in [0.717, 1.165) is 17.7 Å². The summed E-state index contributed by atoms with van der Waals surface area (Å²) in [4.78, 5) is 32.4. The zero-order valence-corrected chi connectivity index (χ0v) is 19.8. The van der Waals surface area contributed by atoms with Crippen LogP contribution in [0.25, 0.3) is 0 Å². The topological polar surface area (TPSA) is 94.9 Å². The Hall–Kier alpha value is -2.63. The first-order valence-corrected chi connectivity index (χ1v) is 9.57. The molecule has 0 unspecified atom stereocenters. The summed E-state index contributed by atoms with van der Waals surface area (Å²) in [7, 11) is 5.17. The van der Waals surface area contributed by atoms with E-state index in [1.54, 1.807) is 35.9 Å². The molecule has 0 atom stereocenters. The lowest BCUT2D eigenvalue weighted by molar-refractivity contribution is -0.120. The van der Waals surface area contributed by atoms with Gasteiger partial charge in [0, 0.05) is 52.5 Å². The molecule has 30 heavy (non-hydrogen) atoms. The number of aryl methyl sites for hydroxylation is 1. The van der Waals surface area contributed by atoms with Crippen molar-refractivity contribution in [2.24, 2.45) is 12.0 Å². The van der Waals surface area contributed by atoms with Gasteiger partial charge in [-0.1, -0.05) is 12.1 Å². The Labute approximate surface area is 193 Å². The third-order valence-electron chi connectivity index (χ3n) is 4.85. The average molecular weight is 525 g/mol. The Morgan fingerprint density at radius 3 is 2.73 bits per heavy atom. The molecule has 1 saturated heterocycles.